The van der Waals surface area contributed by atoms with E-state index in [4.69, 9.17) is 10.00 Å². The van der Waals surface area contributed by atoms with Gasteiger partial charge in [0.15, 0.2) is 0 Å². The van der Waals surface area contributed by atoms with Crippen molar-refractivity contribution in [3.8, 4) is 28.1 Å². The number of nitrogens with one attached hydrogen (secondary N) is 1. The summed E-state index contributed by atoms with van der Waals surface area (Å²) in [5.74, 6) is 0.582. The van der Waals surface area contributed by atoms with Crippen LogP contribution in [0.4, 0.5) is 5.69 Å². The molecule has 4 heterocycles. The van der Waals surface area contributed by atoms with Gasteiger partial charge in [0.2, 0.25) is 11.8 Å². The molecule has 1 N–H and O–H groups in total. The summed E-state index contributed by atoms with van der Waals surface area (Å²) in [6, 6.07) is 16.5. The molecule has 0 atom stereocenters. The van der Waals surface area contributed by atoms with Crippen LogP contribution in [0.1, 0.15) is 5.56 Å². The minimum Gasteiger partial charge on any atom is -0.439 e. The largest absolute Gasteiger partial charge is 0.439 e. The number of thiophene rings is 2. The molecule has 172 valence electrons. The van der Waals surface area contributed by atoms with E-state index >= 15 is 0 Å². The topological polar surface area (TPSA) is 110 Å². The SMILES string of the molecule is N#CCc1ccc(Oc2ccc(NC(=O)Cn3cnc4scc(-c5cccs5)c4c3=O)cn2)cc1. The highest BCUT2D eigenvalue weighted by atomic mass is 32.1. The number of pyridine rings is 1. The Hall–Kier alpha value is -4.33. The van der Waals surface area contributed by atoms with Gasteiger partial charge in [-0.25, -0.2) is 9.97 Å². The number of anilines is 1. The number of nitriles is 1. The predicted octanol–water partition coefficient (Wildman–Crippen LogP) is 5.08. The number of hydrogen-bond donors (Lipinski definition) is 1. The number of ether oxygens (including phenoxy) is 1. The van der Waals surface area contributed by atoms with Gasteiger partial charge in [-0.2, -0.15) is 5.26 Å². The molecule has 0 aliphatic heterocycles. The molecule has 0 radical (unpaired) electrons. The zero-order valence-corrected chi connectivity index (χ0v) is 19.8. The van der Waals surface area contributed by atoms with Gasteiger partial charge in [-0.15, -0.1) is 22.7 Å². The summed E-state index contributed by atoms with van der Waals surface area (Å²) in [5, 5.41) is 15.9. The lowest BCUT2D eigenvalue weighted by Gasteiger charge is -2.09. The van der Waals surface area contributed by atoms with Crippen LogP contribution in [0, 0.1) is 11.3 Å². The highest BCUT2D eigenvalue weighted by Crippen LogP contribution is 2.33. The van der Waals surface area contributed by atoms with Crippen molar-refractivity contribution in [1.29, 1.82) is 5.26 Å². The van der Waals surface area contributed by atoms with Crippen molar-refractivity contribution in [3.63, 3.8) is 0 Å². The van der Waals surface area contributed by atoms with Gasteiger partial charge >= 0.3 is 0 Å². The fraction of sp³-hybridized carbons (Fsp3) is 0.0800. The molecule has 0 saturated heterocycles. The summed E-state index contributed by atoms with van der Waals surface area (Å²) in [5.41, 5.74) is 1.97. The van der Waals surface area contributed by atoms with Gasteiger partial charge in [-0.3, -0.25) is 14.2 Å². The number of benzene rings is 1. The first-order valence-electron chi connectivity index (χ1n) is 10.5. The third kappa shape index (κ3) is 4.96. The molecule has 0 bridgehead atoms. The molecule has 4 aromatic heterocycles. The first kappa shape index (κ1) is 22.5. The van der Waals surface area contributed by atoms with Crippen LogP contribution in [0.5, 0.6) is 11.6 Å². The second-order valence-electron chi connectivity index (χ2n) is 7.50. The first-order valence-corrected chi connectivity index (χ1v) is 12.3. The third-order valence-electron chi connectivity index (χ3n) is 5.11. The number of nitrogens with zero attached hydrogens (tertiary/aromatic N) is 4. The third-order valence-corrected chi connectivity index (χ3v) is 6.90. The van der Waals surface area contributed by atoms with E-state index in [1.54, 1.807) is 35.6 Å². The normalized spacial score (nSPS) is 10.7. The van der Waals surface area contributed by atoms with Crippen molar-refractivity contribution in [3.05, 3.63) is 87.7 Å². The van der Waals surface area contributed by atoms with Crippen LogP contribution in [-0.4, -0.2) is 20.4 Å². The number of hydrogen-bond acceptors (Lipinski definition) is 8. The van der Waals surface area contributed by atoms with Crippen molar-refractivity contribution in [1.82, 2.24) is 14.5 Å². The monoisotopic (exact) mass is 499 g/mol. The molecule has 5 aromatic rings. The van der Waals surface area contributed by atoms with Crippen molar-refractivity contribution < 1.29 is 9.53 Å². The zero-order valence-electron chi connectivity index (χ0n) is 18.2. The van der Waals surface area contributed by atoms with E-state index in [1.807, 2.05) is 35.0 Å². The molecular weight excluding hydrogens is 482 g/mol. The summed E-state index contributed by atoms with van der Waals surface area (Å²) in [7, 11) is 0. The van der Waals surface area contributed by atoms with Crippen molar-refractivity contribution >= 4 is 44.5 Å². The van der Waals surface area contributed by atoms with Gasteiger partial charge in [0.1, 0.15) is 17.1 Å². The lowest BCUT2D eigenvalue weighted by molar-refractivity contribution is -0.116. The molecule has 0 spiro atoms. The number of amides is 1. The summed E-state index contributed by atoms with van der Waals surface area (Å²) >= 11 is 2.96. The molecule has 35 heavy (non-hydrogen) atoms. The molecule has 0 unspecified atom stereocenters. The summed E-state index contributed by atoms with van der Waals surface area (Å²) in [4.78, 5) is 35.9. The van der Waals surface area contributed by atoms with Gasteiger partial charge in [0, 0.05) is 21.9 Å². The van der Waals surface area contributed by atoms with E-state index < -0.39 is 0 Å². The molecule has 0 aliphatic carbocycles. The molecule has 10 heteroatoms. The Bertz CT molecular complexity index is 1580. The van der Waals surface area contributed by atoms with Crippen LogP contribution in [0.25, 0.3) is 20.7 Å². The highest BCUT2D eigenvalue weighted by molar-refractivity contribution is 7.18. The lowest BCUT2D eigenvalue weighted by Crippen LogP contribution is -2.27. The number of rotatable bonds is 7. The Balaban J connectivity index is 1.26. The summed E-state index contributed by atoms with van der Waals surface area (Å²) in [6.07, 6.45) is 3.22. The quantitative estimate of drug-likeness (QED) is 0.334. The van der Waals surface area contributed by atoms with Gasteiger partial charge in [0.25, 0.3) is 5.56 Å². The van der Waals surface area contributed by atoms with Crippen LogP contribution in [-0.2, 0) is 17.8 Å². The maximum Gasteiger partial charge on any atom is 0.263 e. The first-order chi connectivity index (χ1) is 17.1. The van der Waals surface area contributed by atoms with Crippen molar-refractivity contribution in [2.45, 2.75) is 13.0 Å². The van der Waals surface area contributed by atoms with Crippen LogP contribution in [0.3, 0.4) is 0 Å². The standard InChI is InChI=1S/C25H17N5O3S2/c26-10-9-16-3-6-18(7-4-16)33-22-8-5-17(12-27-22)29-21(31)13-30-15-28-24-23(25(30)32)19(14-35-24)20-2-1-11-34-20/h1-8,11-12,14-15H,9,13H2,(H,29,31). The smallest absolute Gasteiger partial charge is 0.263 e. The van der Waals surface area contributed by atoms with Gasteiger partial charge < -0.3 is 10.1 Å². The number of aromatic nitrogens is 3. The lowest BCUT2D eigenvalue weighted by atomic mass is 10.2. The predicted molar refractivity (Wildman–Crippen MR) is 136 cm³/mol. The molecule has 1 amide bonds. The Morgan fingerprint density at radius 1 is 1.11 bits per heavy atom. The average molecular weight is 500 g/mol. The van der Waals surface area contributed by atoms with E-state index in [9.17, 15) is 9.59 Å². The van der Waals surface area contributed by atoms with Crippen LogP contribution < -0.4 is 15.6 Å². The summed E-state index contributed by atoms with van der Waals surface area (Å²) in [6.45, 7) is -0.172. The van der Waals surface area contributed by atoms with Gasteiger partial charge in [-0.1, -0.05) is 18.2 Å². The number of fused-ring (bicyclic) bond motifs is 1. The molecule has 8 nitrogen and oxygen atoms in total. The Kier molecular flexibility index (Phi) is 6.34. The highest BCUT2D eigenvalue weighted by Gasteiger charge is 2.15. The molecule has 0 fully saturated rings. The van der Waals surface area contributed by atoms with E-state index in [2.05, 4.69) is 21.4 Å². The van der Waals surface area contributed by atoms with Crippen LogP contribution in [0.15, 0.2) is 76.6 Å². The Morgan fingerprint density at radius 3 is 2.69 bits per heavy atom. The van der Waals surface area contributed by atoms with Crippen molar-refractivity contribution in [2.24, 2.45) is 0 Å². The second kappa shape index (κ2) is 9.89. The molecule has 0 aliphatic rings. The maximum atomic E-state index is 13.1. The Labute approximate surface area is 207 Å². The second-order valence-corrected chi connectivity index (χ2v) is 9.30. The molecule has 0 saturated carbocycles. The maximum absolute atomic E-state index is 13.1. The molecule has 5 rings (SSSR count). The number of carbonyl (C=O) groups is 1. The zero-order chi connectivity index (χ0) is 24.2. The van der Waals surface area contributed by atoms with E-state index in [1.165, 1.54) is 28.4 Å². The van der Waals surface area contributed by atoms with E-state index in [0.717, 1.165) is 16.0 Å². The van der Waals surface area contributed by atoms with E-state index in [0.29, 0.717) is 34.0 Å². The minimum atomic E-state index is -0.371. The number of carbonyl (C=O) groups excluding carboxylic acids is 1. The van der Waals surface area contributed by atoms with Crippen LogP contribution in [0.2, 0.25) is 0 Å². The van der Waals surface area contributed by atoms with Gasteiger partial charge in [-0.05, 0) is 35.2 Å². The molecule has 1 aromatic carbocycles. The summed E-state index contributed by atoms with van der Waals surface area (Å²) < 4.78 is 7.01. The van der Waals surface area contributed by atoms with E-state index in [-0.39, 0.29) is 18.0 Å². The fourth-order valence-corrected chi connectivity index (χ4v) is 5.17. The fourth-order valence-electron chi connectivity index (χ4n) is 3.45. The minimum absolute atomic E-state index is 0.172. The molecular formula is C25H17N5O3S2. The average Bonchev–Trinajstić information content (AvgIpc) is 3.54. The van der Waals surface area contributed by atoms with Crippen LogP contribution >= 0.6 is 22.7 Å². The van der Waals surface area contributed by atoms with Gasteiger partial charge in [0.05, 0.1) is 36.1 Å². The van der Waals surface area contributed by atoms with Crippen molar-refractivity contribution in [2.75, 3.05) is 5.32 Å². The Morgan fingerprint density at radius 2 is 1.97 bits per heavy atom.